The molecule has 2 aliphatic rings. The summed E-state index contributed by atoms with van der Waals surface area (Å²) in [7, 11) is 0. The number of aromatic nitrogens is 2. The molecule has 142 valence electrons. The van der Waals surface area contributed by atoms with Gasteiger partial charge in [-0.15, -0.1) is 0 Å². The molecule has 27 heavy (non-hydrogen) atoms. The highest BCUT2D eigenvalue weighted by molar-refractivity contribution is 5.94. The average molecular weight is 367 g/mol. The maximum atomic E-state index is 13.2. The van der Waals surface area contributed by atoms with Crippen LogP contribution in [0.1, 0.15) is 41.6 Å². The SMILES string of the molecule is O=C(N[C@@H]1CN2CCCC[C@]2(C(=O)NCc2ccccc2)C1)c1cn[nH]c1. The van der Waals surface area contributed by atoms with Crippen molar-refractivity contribution in [2.24, 2.45) is 0 Å². The minimum Gasteiger partial charge on any atom is -0.350 e. The molecule has 0 saturated carbocycles. The third-order valence-electron chi connectivity index (χ3n) is 5.71. The second-order valence-corrected chi connectivity index (χ2v) is 7.46. The molecule has 0 spiro atoms. The number of benzene rings is 1. The highest BCUT2D eigenvalue weighted by atomic mass is 16.2. The van der Waals surface area contributed by atoms with Gasteiger partial charge in [-0.25, -0.2) is 0 Å². The van der Waals surface area contributed by atoms with Crippen LogP contribution in [0.5, 0.6) is 0 Å². The van der Waals surface area contributed by atoms with Gasteiger partial charge in [0.2, 0.25) is 5.91 Å². The Morgan fingerprint density at radius 1 is 1.26 bits per heavy atom. The summed E-state index contributed by atoms with van der Waals surface area (Å²) >= 11 is 0. The zero-order valence-corrected chi connectivity index (χ0v) is 15.3. The lowest BCUT2D eigenvalue weighted by Gasteiger charge is -2.40. The molecular weight excluding hydrogens is 342 g/mol. The number of aromatic amines is 1. The summed E-state index contributed by atoms with van der Waals surface area (Å²) in [4.78, 5) is 27.8. The molecule has 2 amide bonds. The fourth-order valence-corrected chi connectivity index (χ4v) is 4.36. The monoisotopic (exact) mass is 367 g/mol. The highest BCUT2D eigenvalue weighted by Crippen LogP contribution is 2.38. The van der Waals surface area contributed by atoms with Crippen molar-refractivity contribution in [2.45, 2.75) is 43.8 Å². The fourth-order valence-electron chi connectivity index (χ4n) is 4.36. The lowest BCUT2D eigenvalue weighted by molar-refractivity contribution is -0.134. The molecule has 2 fully saturated rings. The third-order valence-corrected chi connectivity index (χ3v) is 5.71. The Kier molecular flexibility index (Phi) is 4.94. The van der Waals surface area contributed by atoms with E-state index >= 15 is 0 Å². The van der Waals surface area contributed by atoms with Gasteiger partial charge < -0.3 is 10.6 Å². The molecule has 0 radical (unpaired) electrons. The van der Waals surface area contributed by atoms with Crippen LogP contribution in [-0.4, -0.2) is 51.6 Å². The van der Waals surface area contributed by atoms with E-state index in [1.54, 1.807) is 6.20 Å². The van der Waals surface area contributed by atoms with Gasteiger partial charge in [0.05, 0.1) is 11.8 Å². The van der Waals surface area contributed by atoms with E-state index < -0.39 is 5.54 Å². The normalized spacial score (nSPS) is 25.0. The van der Waals surface area contributed by atoms with Crippen molar-refractivity contribution in [3.63, 3.8) is 0 Å². The fraction of sp³-hybridized carbons (Fsp3) is 0.450. The predicted octanol–water partition coefficient (Wildman–Crippen LogP) is 1.45. The summed E-state index contributed by atoms with van der Waals surface area (Å²) in [5.41, 5.74) is 1.09. The third kappa shape index (κ3) is 3.60. The maximum absolute atomic E-state index is 13.2. The van der Waals surface area contributed by atoms with E-state index in [9.17, 15) is 9.59 Å². The van der Waals surface area contributed by atoms with Crippen LogP contribution in [0, 0.1) is 0 Å². The van der Waals surface area contributed by atoms with Crippen LogP contribution in [0.25, 0.3) is 0 Å². The first-order chi connectivity index (χ1) is 13.2. The Hall–Kier alpha value is -2.67. The topological polar surface area (TPSA) is 90.1 Å². The van der Waals surface area contributed by atoms with E-state index in [1.165, 1.54) is 6.20 Å². The number of fused-ring (bicyclic) bond motifs is 1. The van der Waals surface area contributed by atoms with Crippen LogP contribution >= 0.6 is 0 Å². The molecule has 2 atom stereocenters. The molecule has 2 saturated heterocycles. The Bertz CT molecular complexity index is 792. The van der Waals surface area contributed by atoms with Gasteiger partial charge in [-0.3, -0.25) is 19.6 Å². The minimum absolute atomic E-state index is 0.0343. The zero-order chi connectivity index (χ0) is 18.7. The number of hydrogen-bond donors (Lipinski definition) is 3. The second-order valence-electron chi connectivity index (χ2n) is 7.46. The van der Waals surface area contributed by atoms with Crippen molar-refractivity contribution in [2.75, 3.05) is 13.1 Å². The number of nitrogens with zero attached hydrogens (tertiary/aromatic N) is 2. The Morgan fingerprint density at radius 2 is 2.11 bits per heavy atom. The Labute approximate surface area is 158 Å². The zero-order valence-electron chi connectivity index (χ0n) is 15.3. The lowest BCUT2D eigenvalue weighted by atomic mass is 9.84. The summed E-state index contributed by atoms with van der Waals surface area (Å²) < 4.78 is 0. The van der Waals surface area contributed by atoms with Gasteiger partial charge >= 0.3 is 0 Å². The van der Waals surface area contributed by atoms with Gasteiger partial charge in [-0.2, -0.15) is 5.10 Å². The summed E-state index contributed by atoms with van der Waals surface area (Å²) in [6, 6.07) is 9.91. The van der Waals surface area contributed by atoms with Gasteiger partial charge in [0, 0.05) is 25.3 Å². The molecule has 0 bridgehead atoms. The molecular formula is C20H25N5O2. The van der Waals surface area contributed by atoms with Crippen LogP contribution in [0.3, 0.4) is 0 Å². The second kappa shape index (κ2) is 7.52. The van der Waals surface area contributed by atoms with Gasteiger partial charge in [0.1, 0.15) is 5.54 Å². The molecule has 7 heteroatoms. The maximum Gasteiger partial charge on any atom is 0.254 e. The molecule has 2 aromatic rings. The van der Waals surface area contributed by atoms with Crippen LogP contribution < -0.4 is 10.6 Å². The van der Waals surface area contributed by atoms with Crippen molar-refractivity contribution in [1.29, 1.82) is 0 Å². The smallest absolute Gasteiger partial charge is 0.254 e. The molecule has 0 aliphatic carbocycles. The summed E-state index contributed by atoms with van der Waals surface area (Å²) in [6.07, 6.45) is 6.72. The molecule has 3 N–H and O–H groups in total. The lowest BCUT2D eigenvalue weighted by Crippen LogP contribution is -2.57. The number of H-pyrrole nitrogens is 1. The van der Waals surface area contributed by atoms with Crippen molar-refractivity contribution in [3.8, 4) is 0 Å². The van der Waals surface area contributed by atoms with Crippen LogP contribution in [0.15, 0.2) is 42.7 Å². The summed E-state index contributed by atoms with van der Waals surface area (Å²) in [5, 5.41) is 12.7. The Morgan fingerprint density at radius 3 is 2.89 bits per heavy atom. The van der Waals surface area contributed by atoms with E-state index in [4.69, 9.17) is 0 Å². The minimum atomic E-state index is -0.513. The van der Waals surface area contributed by atoms with Crippen molar-refractivity contribution in [3.05, 3.63) is 53.9 Å². The van der Waals surface area contributed by atoms with Gasteiger partial charge in [-0.05, 0) is 37.8 Å². The van der Waals surface area contributed by atoms with Crippen LogP contribution in [0.2, 0.25) is 0 Å². The molecule has 7 nitrogen and oxygen atoms in total. The van der Waals surface area contributed by atoms with E-state index in [-0.39, 0.29) is 17.9 Å². The van der Waals surface area contributed by atoms with Gasteiger partial charge in [0.25, 0.3) is 5.91 Å². The highest BCUT2D eigenvalue weighted by Gasteiger charge is 2.52. The first-order valence-electron chi connectivity index (χ1n) is 9.54. The number of piperidine rings is 1. The van der Waals surface area contributed by atoms with Crippen LogP contribution in [0.4, 0.5) is 0 Å². The Balaban J connectivity index is 1.44. The van der Waals surface area contributed by atoms with E-state index in [0.29, 0.717) is 25.1 Å². The number of amides is 2. The summed E-state index contributed by atoms with van der Waals surface area (Å²) in [5.74, 6) is -0.0699. The van der Waals surface area contributed by atoms with Gasteiger partial charge in [0.15, 0.2) is 0 Å². The van der Waals surface area contributed by atoms with E-state index in [2.05, 4.69) is 25.7 Å². The number of carbonyl (C=O) groups is 2. The molecule has 0 unspecified atom stereocenters. The van der Waals surface area contributed by atoms with E-state index in [0.717, 1.165) is 31.4 Å². The largest absolute Gasteiger partial charge is 0.350 e. The average Bonchev–Trinajstić information content (AvgIpc) is 3.35. The number of rotatable bonds is 5. The van der Waals surface area contributed by atoms with Gasteiger partial charge in [-0.1, -0.05) is 30.3 Å². The standard InChI is InChI=1S/C20H25N5O2/c26-18(16-12-22-23-13-16)24-17-10-20(8-4-5-9-25(20)14-17)19(27)21-11-15-6-2-1-3-7-15/h1-3,6-7,12-13,17H,4-5,8-11,14H2,(H,21,27)(H,22,23)(H,24,26)/t17-,20+/m0/s1. The number of hydrogen-bond acceptors (Lipinski definition) is 4. The van der Waals surface area contributed by atoms with E-state index in [1.807, 2.05) is 30.3 Å². The van der Waals surface area contributed by atoms with Crippen LogP contribution in [-0.2, 0) is 11.3 Å². The first kappa shape index (κ1) is 17.7. The first-order valence-corrected chi connectivity index (χ1v) is 9.54. The van der Waals surface area contributed by atoms with Crippen molar-refractivity contribution < 1.29 is 9.59 Å². The predicted molar refractivity (Wildman–Crippen MR) is 101 cm³/mol. The molecule has 1 aromatic heterocycles. The quantitative estimate of drug-likeness (QED) is 0.746. The molecule has 2 aliphatic heterocycles. The van der Waals surface area contributed by atoms with Crippen molar-refractivity contribution >= 4 is 11.8 Å². The number of nitrogens with one attached hydrogen (secondary N) is 3. The molecule has 3 heterocycles. The molecule has 4 rings (SSSR count). The van der Waals surface area contributed by atoms with Crippen molar-refractivity contribution in [1.82, 2.24) is 25.7 Å². The molecule has 1 aromatic carbocycles. The summed E-state index contributed by atoms with van der Waals surface area (Å²) in [6.45, 7) is 2.14. The number of carbonyl (C=O) groups excluding carboxylic acids is 2.